The molecule has 0 spiro atoms. The molecule has 0 bridgehead atoms. The first-order valence-electron chi connectivity index (χ1n) is 5.42. The Hall–Kier alpha value is -0.680. The fourth-order valence-electron chi connectivity index (χ4n) is 2.00. The van der Waals surface area contributed by atoms with Crippen molar-refractivity contribution in [2.45, 2.75) is 26.3 Å². The number of rotatable bonds is 1. The lowest BCUT2D eigenvalue weighted by atomic mass is 10.0. The van der Waals surface area contributed by atoms with Crippen molar-refractivity contribution in [3.8, 4) is 10.7 Å². The van der Waals surface area contributed by atoms with Gasteiger partial charge in [-0.3, -0.25) is 0 Å². The molecule has 5 heteroatoms. The van der Waals surface area contributed by atoms with Crippen molar-refractivity contribution in [1.82, 2.24) is 14.8 Å². The smallest absolute Gasteiger partial charge is 0.191 e. The van der Waals surface area contributed by atoms with Gasteiger partial charge in [0.25, 0.3) is 0 Å². The summed E-state index contributed by atoms with van der Waals surface area (Å²) in [6, 6.07) is 4.11. The molecule has 16 heavy (non-hydrogen) atoms. The van der Waals surface area contributed by atoms with Crippen LogP contribution in [0.1, 0.15) is 19.2 Å². The van der Waals surface area contributed by atoms with Crippen molar-refractivity contribution >= 4 is 27.3 Å². The van der Waals surface area contributed by atoms with Crippen LogP contribution in [0.2, 0.25) is 0 Å². The van der Waals surface area contributed by atoms with Gasteiger partial charge >= 0.3 is 0 Å². The molecule has 0 radical (unpaired) electrons. The number of halogens is 1. The van der Waals surface area contributed by atoms with Crippen LogP contribution in [0.5, 0.6) is 0 Å². The number of thiophene rings is 1. The second kappa shape index (κ2) is 3.96. The summed E-state index contributed by atoms with van der Waals surface area (Å²) in [5, 5.41) is 4.56. The molecule has 84 valence electrons. The molecule has 0 N–H and O–H groups in total. The minimum absolute atomic E-state index is 0.736. The van der Waals surface area contributed by atoms with E-state index in [0.717, 1.165) is 39.2 Å². The number of hydrogen-bond donors (Lipinski definition) is 0. The van der Waals surface area contributed by atoms with Crippen LogP contribution >= 0.6 is 27.3 Å². The van der Waals surface area contributed by atoms with Crippen molar-refractivity contribution < 1.29 is 0 Å². The van der Waals surface area contributed by atoms with Gasteiger partial charge in [-0.25, -0.2) is 9.67 Å². The summed E-state index contributed by atoms with van der Waals surface area (Å²) >= 11 is 5.15. The molecule has 3 rings (SSSR count). The molecule has 1 aliphatic heterocycles. The third-order valence-electron chi connectivity index (χ3n) is 2.91. The number of fused-ring (bicyclic) bond motifs is 1. The monoisotopic (exact) mass is 297 g/mol. The lowest BCUT2D eigenvalue weighted by molar-refractivity contribution is 0.386. The van der Waals surface area contributed by atoms with Gasteiger partial charge in [-0.05, 0) is 40.4 Å². The first-order valence-corrected chi connectivity index (χ1v) is 7.03. The molecular formula is C11H12BrN3S. The van der Waals surface area contributed by atoms with Crippen molar-refractivity contribution in [2.24, 2.45) is 5.92 Å². The Bertz CT molecular complexity index is 517. The lowest BCUT2D eigenvalue weighted by Crippen LogP contribution is -2.18. The normalized spacial score (nSPS) is 19.8. The zero-order chi connectivity index (χ0) is 11.1. The molecule has 0 aliphatic carbocycles. The maximum Gasteiger partial charge on any atom is 0.191 e. The summed E-state index contributed by atoms with van der Waals surface area (Å²) < 4.78 is 3.19. The zero-order valence-corrected chi connectivity index (χ0v) is 11.4. The SMILES string of the molecule is CC1CCn2nc(-c3ccc(Br)s3)nc2C1. The second-order valence-electron chi connectivity index (χ2n) is 4.28. The van der Waals surface area contributed by atoms with Gasteiger partial charge in [-0.2, -0.15) is 0 Å². The van der Waals surface area contributed by atoms with E-state index in [9.17, 15) is 0 Å². The molecule has 1 aliphatic rings. The maximum atomic E-state index is 4.63. The van der Waals surface area contributed by atoms with E-state index in [-0.39, 0.29) is 0 Å². The molecule has 2 aromatic heterocycles. The first-order chi connectivity index (χ1) is 7.72. The third-order valence-corrected chi connectivity index (χ3v) is 4.53. The van der Waals surface area contributed by atoms with Crippen molar-refractivity contribution in [2.75, 3.05) is 0 Å². The average Bonchev–Trinajstić information content (AvgIpc) is 2.83. The highest BCUT2D eigenvalue weighted by Crippen LogP contribution is 2.30. The molecule has 0 aromatic carbocycles. The van der Waals surface area contributed by atoms with Crippen LogP contribution in [-0.4, -0.2) is 14.8 Å². The Morgan fingerprint density at radius 2 is 2.38 bits per heavy atom. The van der Waals surface area contributed by atoms with Gasteiger partial charge in [0.15, 0.2) is 5.82 Å². The van der Waals surface area contributed by atoms with E-state index in [0.29, 0.717) is 0 Å². The third kappa shape index (κ3) is 1.82. The molecule has 1 atom stereocenters. The largest absolute Gasteiger partial charge is 0.249 e. The quantitative estimate of drug-likeness (QED) is 0.808. The molecule has 0 amide bonds. The van der Waals surface area contributed by atoms with Crippen molar-refractivity contribution in [1.29, 1.82) is 0 Å². The Kier molecular flexibility index (Phi) is 2.59. The average molecular weight is 298 g/mol. The van der Waals surface area contributed by atoms with Crippen LogP contribution in [0.25, 0.3) is 10.7 Å². The number of aryl methyl sites for hydroxylation is 1. The molecule has 0 saturated carbocycles. The number of hydrogen-bond acceptors (Lipinski definition) is 3. The standard InChI is InChI=1S/C11H12BrN3S/c1-7-4-5-15-10(6-7)13-11(14-15)8-2-3-9(12)16-8/h2-3,7H,4-6H2,1H3. The van der Waals surface area contributed by atoms with E-state index < -0.39 is 0 Å². The van der Waals surface area contributed by atoms with E-state index in [4.69, 9.17) is 0 Å². The molecule has 0 fully saturated rings. The van der Waals surface area contributed by atoms with E-state index in [1.54, 1.807) is 11.3 Å². The van der Waals surface area contributed by atoms with E-state index in [1.165, 1.54) is 6.42 Å². The van der Waals surface area contributed by atoms with Crippen LogP contribution in [0, 0.1) is 5.92 Å². The van der Waals surface area contributed by atoms with Crippen LogP contribution in [0.15, 0.2) is 15.9 Å². The molecular weight excluding hydrogens is 286 g/mol. The Morgan fingerprint density at radius 3 is 3.12 bits per heavy atom. The van der Waals surface area contributed by atoms with Crippen LogP contribution in [0.3, 0.4) is 0 Å². The van der Waals surface area contributed by atoms with Gasteiger partial charge in [-0.1, -0.05) is 6.92 Å². The Labute approximate surface area is 107 Å². The van der Waals surface area contributed by atoms with Crippen molar-refractivity contribution in [3.05, 3.63) is 21.7 Å². The summed E-state index contributed by atoms with van der Waals surface area (Å²) in [6.07, 6.45) is 2.27. The van der Waals surface area contributed by atoms with Gasteiger partial charge in [-0.15, -0.1) is 16.4 Å². The van der Waals surface area contributed by atoms with Crippen LogP contribution < -0.4 is 0 Å². The van der Waals surface area contributed by atoms with Gasteiger partial charge in [0, 0.05) is 13.0 Å². The highest BCUT2D eigenvalue weighted by Gasteiger charge is 2.19. The van der Waals surface area contributed by atoms with Gasteiger partial charge in [0.05, 0.1) is 8.66 Å². The molecule has 2 aromatic rings. The van der Waals surface area contributed by atoms with E-state index >= 15 is 0 Å². The molecule has 0 saturated heterocycles. The molecule has 3 nitrogen and oxygen atoms in total. The Morgan fingerprint density at radius 1 is 1.50 bits per heavy atom. The topological polar surface area (TPSA) is 30.7 Å². The van der Waals surface area contributed by atoms with Gasteiger partial charge < -0.3 is 0 Å². The summed E-state index contributed by atoms with van der Waals surface area (Å²) in [7, 11) is 0. The van der Waals surface area contributed by atoms with E-state index in [2.05, 4.69) is 43.7 Å². The van der Waals surface area contributed by atoms with Crippen molar-refractivity contribution in [3.63, 3.8) is 0 Å². The highest BCUT2D eigenvalue weighted by molar-refractivity contribution is 9.11. The first kappa shape index (κ1) is 10.5. The molecule has 3 heterocycles. The fraction of sp³-hybridized carbons (Fsp3) is 0.455. The predicted octanol–water partition coefficient (Wildman–Crippen LogP) is 3.35. The number of aromatic nitrogens is 3. The highest BCUT2D eigenvalue weighted by atomic mass is 79.9. The maximum absolute atomic E-state index is 4.63. The Balaban J connectivity index is 1.98. The fourth-order valence-corrected chi connectivity index (χ4v) is 3.32. The van der Waals surface area contributed by atoms with Gasteiger partial charge in [0.2, 0.25) is 0 Å². The number of nitrogens with zero attached hydrogens (tertiary/aromatic N) is 3. The summed E-state index contributed by atoms with van der Waals surface area (Å²) in [4.78, 5) is 5.77. The molecule has 1 unspecified atom stereocenters. The minimum Gasteiger partial charge on any atom is -0.249 e. The second-order valence-corrected chi connectivity index (χ2v) is 6.74. The summed E-state index contributed by atoms with van der Waals surface area (Å²) in [6.45, 7) is 3.29. The van der Waals surface area contributed by atoms with Crippen LogP contribution in [0.4, 0.5) is 0 Å². The van der Waals surface area contributed by atoms with E-state index in [1.807, 2.05) is 6.07 Å². The predicted molar refractivity (Wildman–Crippen MR) is 68.5 cm³/mol. The summed E-state index contributed by atoms with van der Waals surface area (Å²) in [5.74, 6) is 2.75. The lowest BCUT2D eigenvalue weighted by Gasteiger charge is -2.17. The summed E-state index contributed by atoms with van der Waals surface area (Å²) in [5.41, 5.74) is 0. The van der Waals surface area contributed by atoms with Gasteiger partial charge in [0.1, 0.15) is 5.82 Å². The zero-order valence-electron chi connectivity index (χ0n) is 8.98. The van der Waals surface area contributed by atoms with Crippen LogP contribution in [-0.2, 0) is 13.0 Å². The minimum atomic E-state index is 0.736.